The molecule has 2 aromatic carbocycles. The molecule has 2 heterocycles. The second-order valence-corrected chi connectivity index (χ2v) is 7.22. The van der Waals surface area contributed by atoms with Crippen LogP contribution in [-0.4, -0.2) is 54.7 Å². The van der Waals surface area contributed by atoms with Crippen LogP contribution in [0.25, 0.3) is 0 Å². The number of aromatic nitrogens is 2. The highest BCUT2D eigenvalue weighted by Gasteiger charge is 2.36. The smallest absolute Gasteiger partial charge is 0.337 e. The number of nitrogens with zero attached hydrogens (tertiary/aromatic N) is 2. The number of carbonyl (C=O) groups excluding carboxylic acids is 2. The maximum atomic E-state index is 13.3. The number of rotatable bonds is 5. The first-order valence-corrected chi connectivity index (χ1v) is 10.1. The molecule has 0 bridgehead atoms. The van der Waals surface area contributed by atoms with Crippen molar-refractivity contribution in [2.24, 2.45) is 0 Å². The van der Waals surface area contributed by atoms with Gasteiger partial charge in [0.2, 0.25) is 0 Å². The number of benzene rings is 2. The molecule has 0 radical (unpaired) electrons. The van der Waals surface area contributed by atoms with E-state index in [4.69, 9.17) is 14.2 Å². The Kier molecular flexibility index (Phi) is 5.98. The lowest BCUT2D eigenvalue weighted by Gasteiger charge is -2.35. The van der Waals surface area contributed by atoms with Gasteiger partial charge in [-0.25, -0.2) is 14.6 Å². The van der Waals surface area contributed by atoms with E-state index < -0.39 is 12.0 Å². The molecule has 3 aromatic rings. The fourth-order valence-electron chi connectivity index (χ4n) is 3.87. The van der Waals surface area contributed by atoms with E-state index in [1.807, 2.05) is 18.2 Å². The zero-order valence-corrected chi connectivity index (χ0v) is 18.0. The molecular weight excluding hydrogens is 412 g/mol. The molecule has 0 aliphatic carbocycles. The molecule has 0 spiro atoms. The van der Waals surface area contributed by atoms with E-state index >= 15 is 0 Å². The monoisotopic (exact) mass is 436 g/mol. The minimum atomic E-state index is -0.468. The van der Waals surface area contributed by atoms with Crippen LogP contribution in [0.3, 0.4) is 0 Å². The summed E-state index contributed by atoms with van der Waals surface area (Å²) in [7, 11) is 4.51. The Labute approximate surface area is 185 Å². The van der Waals surface area contributed by atoms with Gasteiger partial charge in [0.15, 0.2) is 0 Å². The van der Waals surface area contributed by atoms with Crippen LogP contribution in [0, 0.1) is 0 Å². The van der Waals surface area contributed by atoms with Crippen LogP contribution in [0.1, 0.15) is 33.4 Å². The lowest BCUT2D eigenvalue weighted by Crippen LogP contribution is -2.43. The van der Waals surface area contributed by atoms with Crippen LogP contribution in [0.4, 0.5) is 10.5 Å². The fraction of sp³-hybridized carbons (Fsp3) is 0.261. The number of imidazole rings is 1. The number of hydrogen-bond acceptors (Lipinski definition) is 6. The Hall–Kier alpha value is -4.01. The Morgan fingerprint density at radius 2 is 1.88 bits per heavy atom. The van der Waals surface area contributed by atoms with Crippen LogP contribution < -0.4 is 14.8 Å². The number of carbonyl (C=O) groups is 2. The molecule has 1 aromatic heterocycles. The summed E-state index contributed by atoms with van der Waals surface area (Å²) in [5, 5.41) is 2.91. The third-order valence-corrected chi connectivity index (χ3v) is 5.47. The number of fused-ring (bicyclic) bond motifs is 1. The van der Waals surface area contributed by atoms with Gasteiger partial charge in [-0.15, -0.1) is 0 Å². The molecule has 32 heavy (non-hydrogen) atoms. The molecule has 166 valence electrons. The lowest BCUT2D eigenvalue weighted by molar-refractivity contribution is 0.0600. The van der Waals surface area contributed by atoms with Crippen molar-refractivity contribution in [3.8, 4) is 11.5 Å². The van der Waals surface area contributed by atoms with Crippen LogP contribution in [0.2, 0.25) is 0 Å². The molecule has 2 amide bonds. The Bertz CT molecular complexity index is 1130. The van der Waals surface area contributed by atoms with Gasteiger partial charge >= 0.3 is 12.0 Å². The average molecular weight is 436 g/mol. The molecule has 2 N–H and O–H groups in total. The number of amides is 2. The Balaban J connectivity index is 1.67. The molecule has 1 atom stereocenters. The highest BCUT2D eigenvalue weighted by molar-refractivity contribution is 5.92. The van der Waals surface area contributed by atoms with E-state index in [0.29, 0.717) is 35.7 Å². The van der Waals surface area contributed by atoms with Crippen LogP contribution in [0.5, 0.6) is 11.5 Å². The van der Waals surface area contributed by atoms with Crippen molar-refractivity contribution in [1.29, 1.82) is 0 Å². The Morgan fingerprint density at radius 1 is 1.09 bits per heavy atom. The third-order valence-electron chi connectivity index (χ3n) is 5.47. The summed E-state index contributed by atoms with van der Waals surface area (Å²) < 4.78 is 15.7. The van der Waals surface area contributed by atoms with Gasteiger partial charge in [-0.05, 0) is 42.5 Å². The maximum Gasteiger partial charge on any atom is 0.337 e. The van der Waals surface area contributed by atoms with Crippen LogP contribution in [0.15, 0.2) is 48.8 Å². The number of urea groups is 1. The Morgan fingerprint density at radius 3 is 2.56 bits per heavy atom. The van der Waals surface area contributed by atoms with Crippen LogP contribution in [-0.2, 0) is 11.2 Å². The highest BCUT2D eigenvalue weighted by Crippen LogP contribution is 2.39. The molecule has 9 nitrogen and oxygen atoms in total. The van der Waals surface area contributed by atoms with Crippen LogP contribution >= 0.6 is 0 Å². The van der Waals surface area contributed by atoms with Crippen molar-refractivity contribution in [2.45, 2.75) is 12.5 Å². The normalized spacial score (nSPS) is 15.0. The summed E-state index contributed by atoms with van der Waals surface area (Å²) in [6.45, 7) is 0.478. The SMILES string of the molecule is COC(=O)c1ccc(NC(=O)N2CCc3[nH]cnc3C2c2cc(OC)ccc2OC)cc1. The number of aromatic amines is 1. The average Bonchev–Trinajstić information content (AvgIpc) is 3.32. The van der Waals surface area contributed by atoms with Crippen molar-refractivity contribution < 1.29 is 23.8 Å². The van der Waals surface area contributed by atoms with E-state index in [1.54, 1.807) is 49.7 Å². The first-order chi connectivity index (χ1) is 15.5. The number of H-pyrrole nitrogens is 1. The molecule has 1 aliphatic rings. The van der Waals surface area contributed by atoms with Crippen molar-refractivity contribution in [3.05, 3.63) is 71.3 Å². The van der Waals surface area contributed by atoms with E-state index in [0.717, 1.165) is 17.0 Å². The lowest BCUT2D eigenvalue weighted by atomic mass is 9.95. The van der Waals surface area contributed by atoms with E-state index in [2.05, 4.69) is 15.3 Å². The van der Waals surface area contributed by atoms with Gasteiger partial charge in [0, 0.05) is 29.9 Å². The number of hydrogen-bond donors (Lipinski definition) is 2. The number of ether oxygens (including phenoxy) is 3. The predicted octanol–water partition coefficient (Wildman–Crippen LogP) is 3.39. The van der Waals surface area contributed by atoms with Gasteiger partial charge < -0.3 is 29.4 Å². The standard InChI is InChI=1S/C23H24N4O5/c1-30-16-8-9-19(31-2)17(12-16)21-20-18(24-13-25-20)10-11-27(21)23(29)26-15-6-4-14(5-7-15)22(28)32-3/h4-9,12-13,21H,10-11H2,1-3H3,(H,24,25)(H,26,29). The number of methoxy groups -OCH3 is 3. The minimum Gasteiger partial charge on any atom is -0.497 e. The van der Waals surface area contributed by atoms with Gasteiger partial charge in [0.25, 0.3) is 0 Å². The number of esters is 1. The molecule has 0 fully saturated rings. The predicted molar refractivity (Wildman–Crippen MR) is 117 cm³/mol. The minimum absolute atomic E-state index is 0.292. The second kappa shape index (κ2) is 9.01. The van der Waals surface area contributed by atoms with Crippen molar-refractivity contribution in [3.63, 3.8) is 0 Å². The maximum absolute atomic E-state index is 13.3. The molecule has 0 saturated heterocycles. The number of nitrogens with one attached hydrogen (secondary N) is 2. The summed E-state index contributed by atoms with van der Waals surface area (Å²) in [6.07, 6.45) is 2.28. The van der Waals surface area contributed by atoms with Crippen molar-refractivity contribution in [2.75, 3.05) is 33.2 Å². The van der Waals surface area contributed by atoms with Gasteiger partial charge in [-0.3, -0.25) is 0 Å². The second-order valence-electron chi connectivity index (χ2n) is 7.22. The zero-order chi connectivity index (χ0) is 22.7. The molecule has 4 rings (SSSR count). The first kappa shape index (κ1) is 21.2. The van der Waals surface area contributed by atoms with Crippen molar-refractivity contribution >= 4 is 17.7 Å². The highest BCUT2D eigenvalue weighted by atomic mass is 16.5. The van der Waals surface area contributed by atoms with Crippen molar-refractivity contribution in [1.82, 2.24) is 14.9 Å². The molecule has 0 saturated carbocycles. The fourth-order valence-corrected chi connectivity index (χ4v) is 3.87. The van der Waals surface area contributed by atoms with Gasteiger partial charge in [-0.2, -0.15) is 0 Å². The third kappa shape index (κ3) is 3.96. The van der Waals surface area contributed by atoms with E-state index in [9.17, 15) is 9.59 Å². The quantitative estimate of drug-likeness (QED) is 0.594. The van der Waals surface area contributed by atoms with Gasteiger partial charge in [-0.1, -0.05) is 0 Å². The van der Waals surface area contributed by atoms with Gasteiger partial charge in [0.1, 0.15) is 17.5 Å². The number of anilines is 1. The molecular formula is C23H24N4O5. The van der Waals surface area contributed by atoms with E-state index in [1.165, 1.54) is 7.11 Å². The summed E-state index contributed by atoms with van der Waals surface area (Å²) in [6, 6.07) is 11.3. The summed E-state index contributed by atoms with van der Waals surface area (Å²) in [4.78, 5) is 34.4. The van der Waals surface area contributed by atoms with E-state index in [-0.39, 0.29) is 6.03 Å². The summed E-state index contributed by atoms with van der Waals surface area (Å²) >= 11 is 0. The first-order valence-electron chi connectivity index (χ1n) is 10.1. The summed E-state index contributed by atoms with van der Waals surface area (Å²) in [5.74, 6) is 0.851. The largest absolute Gasteiger partial charge is 0.497 e. The molecule has 1 aliphatic heterocycles. The zero-order valence-electron chi connectivity index (χ0n) is 18.0. The molecule has 1 unspecified atom stereocenters. The molecule has 9 heteroatoms. The van der Waals surface area contributed by atoms with Gasteiger partial charge in [0.05, 0.1) is 38.9 Å². The topological polar surface area (TPSA) is 106 Å². The summed E-state index contributed by atoms with van der Waals surface area (Å²) in [5.41, 5.74) is 3.48.